The Hall–Kier alpha value is -1.54. The standard InChI is InChI=1S/C18H23N3OS/c1-12(2)21-9-5-8-16(18(21)22)23-17-14(11-19)10-13-6-3-4-7-15(13)20-17/h10,12,16H,3-9H2,1-2H3. The van der Waals surface area contributed by atoms with E-state index in [1.165, 1.54) is 30.2 Å². The summed E-state index contributed by atoms with van der Waals surface area (Å²) in [6, 6.07) is 4.51. The highest BCUT2D eigenvalue weighted by Crippen LogP contribution is 2.34. The van der Waals surface area contributed by atoms with Crippen LogP contribution in [0.25, 0.3) is 0 Å². The van der Waals surface area contributed by atoms with Gasteiger partial charge in [-0.3, -0.25) is 4.79 Å². The molecule has 1 unspecified atom stereocenters. The van der Waals surface area contributed by atoms with Crippen molar-refractivity contribution in [3.63, 3.8) is 0 Å². The van der Waals surface area contributed by atoms with Gasteiger partial charge in [-0.1, -0.05) is 11.8 Å². The number of rotatable bonds is 3. The summed E-state index contributed by atoms with van der Waals surface area (Å²) in [5.74, 6) is 0.194. The van der Waals surface area contributed by atoms with Gasteiger partial charge in [0.15, 0.2) is 0 Å². The van der Waals surface area contributed by atoms with Gasteiger partial charge in [0.05, 0.1) is 10.8 Å². The second-order valence-electron chi connectivity index (χ2n) is 6.64. The number of thioether (sulfide) groups is 1. The van der Waals surface area contributed by atoms with Crippen LogP contribution < -0.4 is 0 Å². The Bertz CT molecular complexity index is 650. The summed E-state index contributed by atoms with van der Waals surface area (Å²) < 4.78 is 0. The molecule has 0 aromatic carbocycles. The predicted octanol–water partition coefficient (Wildman–Crippen LogP) is 3.32. The van der Waals surface area contributed by atoms with Crippen LogP contribution in [0.5, 0.6) is 0 Å². The lowest BCUT2D eigenvalue weighted by atomic mass is 9.95. The first kappa shape index (κ1) is 16.3. The van der Waals surface area contributed by atoms with E-state index < -0.39 is 0 Å². The van der Waals surface area contributed by atoms with Gasteiger partial charge in [0, 0.05) is 18.3 Å². The zero-order valence-corrected chi connectivity index (χ0v) is 14.7. The molecule has 1 atom stereocenters. The first-order valence-corrected chi connectivity index (χ1v) is 9.38. The van der Waals surface area contributed by atoms with E-state index in [-0.39, 0.29) is 17.2 Å². The van der Waals surface area contributed by atoms with Crippen LogP contribution >= 0.6 is 11.8 Å². The molecule has 0 spiro atoms. The van der Waals surface area contributed by atoms with E-state index in [1.54, 1.807) is 0 Å². The fraction of sp³-hybridized carbons (Fsp3) is 0.611. The highest BCUT2D eigenvalue weighted by molar-refractivity contribution is 8.00. The van der Waals surface area contributed by atoms with Crippen LogP contribution in [-0.2, 0) is 17.6 Å². The van der Waals surface area contributed by atoms with Crippen molar-refractivity contribution in [1.29, 1.82) is 5.26 Å². The summed E-state index contributed by atoms with van der Waals surface area (Å²) >= 11 is 1.49. The van der Waals surface area contributed by atoms with Crippen molar-refractivity contribution in [2.24, 2.45) is 0 Å². The monoisotopic (exact) mass is 329 g/mol. The van der Waals surface area contributed by atoms with Crippen LogP contribution in [0.3, 0.4) is 0 Å². The summed E-state index contributed by atoms with van der Waals surface area (Å²) in [7, 11) is 0. The lowest BCUT2D eigenvalue weighted by Crippen LogP contribution is -2.46. The molecule has 5 heteroatoms. The minimum atomic E-state index is -0.104. The molecule has 1 aromatic rings. The van der Waals surface area contributed by atoms with Gasteiger partial charge in [-0.2, -0.15) is 5.26 Å². The van der Waals surface area contributed by atoms with Crippen molar-refractivity contribution in [3.8, 4) is 6.07 Å². The maximum atomic E-state index is 12.7. The Kier molecular flexibility index (Phi) is 4.91. The van der Waals surface area contributed by atoms with Crippen LogP contribution in [0.2, 0.25) is 0 Å². The van der Waals surface area contributed by atoms with Crippen LogP contribution in [0.15, 0.2) is 11.1 Å². The molecule has 0 N–H and O–H groups in total. The molecule has 0 saturated carbocycles. The van der Waals surface area contributed by atoms with Crippen molar-refractivity contribution in [2.45, 2.75) is 68.7 Å². The number of hydrogen-bond donors (Lipinski definition) is 0. The largest absolute Gasteiger partial charge is 0.339 e. The average molecular weight is 329 g/mol. The number of carbonyl (C=O) groups is 1. The molecule has 1 aliphatic carbocycles. The van der Waals surface area contributed by atoms with Crippen LogP contribution in [0.4, 0.5) is 0 Å². The van der Waals surface area contributed by atoms with Gasteiger partial charge in [-0.05, 0) is 64.0 Å². The fourth-order valence-electron chi connectivity index (χ4n) is 3.41. The van der Waals surface area contributed by atoms with E-state index in [0.717, 1.165) is 42.9 Å². The number of nitriles is 1. The molecule has 3 rings (SSSR count). The molecule has 0 radical (unpaired) electrons. The summed E-state index contributed by atoms with van der Waals surface area (Å²) in [4.78, 5) is 19.4. The summed E-state index contributed by atoms with van der Waals surface area (Å²) in [5, 5.41) is 10.1. The zero-order valence-electron chi connectivity index (χ0n) is 13.8. The van der Waals surface area contributed by atoms with Gasteiger partial charge in [0.2, 0.25) is 5.91 Å². The molecular weight excluding hydrogens is 306 g/mol. The molecule has 0 bridgehead atoms. The normalized spacial score (nSPS) is 21.2. The molecule has 2 heterocycles. The van der Waals surface area contributed by atoms with Gasteiger partial charge in [0.25, 0.3) is 0 Å². The minimum absolute atomic E-state index is 0.104. The van der Waals surface area contributed by atoms with E-state index >= 15 is 0 Å². The van der Waals surface area contributed by atoms with Crippen LogP contribution in [0.1, 0.15) is 56.4 Å². The Morgan fingerprint density at radius 1 is 1.35 bits per heavy atom. The number of likely N-dealkylation sites (tertiary alicyclic amines) is 1. The number of fused-ring (bicyclic) bond motifs is 1. The van der Waals surface area contributed by atoms with Crippen LogP contribution in [-0.4, -0.2) is 33.6 Å². The topological polar surface area (TPSA) is 57.0 Å². The van der Waals surface area contributed by atoms with E-state index in [2.05, 4.69) is 19.9 Å². The zero-order chi connectivity index (χ0) is 16.4. The third kappa shape index (κ3) is 3.37. The van der Waals surface area contributed by atoms with Crippen LogP contribution in [0, 0.1) is 11.3 Å². The summed E-state index contributed by atoms with van der Waals surface area (Å²) in [5.41, 5.74) is 2.97. The Morgan fingerprint density at radius 2 is 2.13 bits per heavy atom. The molecule has 1 amide bonds. The Labute approximate surface area is 142 Å². The van der Waals surface area contributed by atoms with E-state index in [1.807, 2.05) is 11.0 Å². The molecule has 1 saturated heterocycles. The number of hydrogen-bond acceptors (Lipinski definition) is 4. The molecular formula is C18H23N3OS. The quantitative estimate of drug-likeness (QED) is 0.853. The SMILES string of the molecule is CC(C)N1CCCC(Sc2nc3c(cc2C#N)CCCC3)C1=O. The molecule has 2 aliphatic rings. The highest BCUT2D eigenvalue weighted by atomic mass is 32.2. The second kappa shape index (κ2) is 6.92. The number of aryl methyl sites for hydroxylation is 2. The molecule has 4 nitrogen and oxygen atoms in total. The van der Waals surface area contributed by atoms with E-state index in [9.17, 15) is 10.1 Å². The van der Waals surface area contributed by atoms with Gasteiger partial charge < -0.3 is 4.90 Å². The fourth-order valence-corrected chi connectivity index (χ4v) is 4.59. The number of amides is 1. The third-order valence-electron chi connectivity index (χ3n) is 4.69. The Balaban J connectivity index is 1.84. The van der Waals surface area contributed by atoms with Crippen molar-refractivity contribution in [3.05, 3.63) is 22.9 Å². The maximum absolute atomic E-state index is 12.7. The molecule has 122 valence electrons. The van der Waals surface area contributed by atoms with E-state index in [4.69, 9.17) is 4.98 Å². The number of piperidine rings is 1. The highest BCUT2D eigenvalue weighted by Gasteiger charge is 2.32. The number of pyridine rings is 1. The number of carbonyl (C=O) groups excluding carboxylic acids is 1. The first-order valence-electron chi connectivity index (χ1n) is 8.50. The van der Waals surface area contributed by atoms with Gasteiger partial charge in [-0.25, -0.2) is 4.98 Å². The van der Waals surface area contributed by atoms with E-state index in [0.29, 0.717) is 5.56 Å². The van der Waals surface area contributed by atoms with Crippen molar-refractivity contribution in [2.75, 3.05) is 6.54 Å². The minimum Gasteiger partial charge on any atom is -0.339 e. The van der Waals surface area contributed by atoms with Crippen molar-refractivity contribution >= 4 is 17.7 Å². The molecule has 23 heavy (non-hydrogen) atoms. The lowest BCUT2D eigenvalue weighted by Gasteiger charge is -2.34. The number of aromatic nitrogens is 1. The van der Waals surface area contributed by atoms with Crippen molar-refractivity contribution in [1.82, 2.24) is 9.88 Å². The molecule has 1 aliphatic heterocycles. The average Bonchev–Trinajstić information content (AvgIpc) is 2.55. The van der Waals surface area contributed by atoms with Gasteiger partial charge in [-0.15, -0.1) is 0 Å². The van der Waals surface area contributed by atoms with Gasteiger partial charge in [0.1, 0.15) is 11.1 Å². The predicted molar refractivity (Wildman–Crippen MR) is 91.3 cm³/mol. The Morgan fingerprint density at radius 3 is 2.87 bits per heavy atom. The van der Waals surface area contributed by atoms with Gasteiger partial charge >= 0.3 is 0 Å². The first-order chi connectivity index (χ1) is 11.1. The lowest BCUT2D eigenvalue weighted by molar-refractivity contribution is -0.134. The third-order valence-corrected chi connectivity index (χ3v) is 5.94. The maximum Gasteiger partial charge on any atom is 0.236 e. The smallest absolute Gasteiger partial charge is 0.236 e. The molecule has 1 fully saturated rings. The summed E-state index contributed by atoms with van der Waals surface area (Å²) in [6.07, 6.45) is 6.25. The summed E-state index contributed by atoms with van der Waals surface area (Å²) in [6.45, 7) is 4.96. The number of nitrogens with zero attached hydrogens (tertiary/aromatic N) is 3. The van der Waals surface area contributed by atoms with Crippen molar-refractivity contribution < 1.29 is 4.79 Å². The molecule has 1 aromatic heterocycles. The second-order valence-corrected chi connectivity index (χ2v) is 7.83.